The van der Waals surface area contributed by atoms with E-state index in [2.05, 4.69) is 20.5 Å². The summed E-state index contributed by atoms with van der Waals surface area (Å²) in [7, 11) is 0. The van der Waals surface area contributed by atoms with Crippen LogP contribution in [-0.4, -0.2) is 21.1 Å². The smallest absolute Gasteiger partial charge is 0.249 e. The number of H-pyrrole nitrogens is 1. The topological polar surface area (TPSA) is 83.8 Å². The summed E-state index contributed by atoms with van der Waals surface area (Å²) in [5, 5.41) is 11.6. The van der Waals surface area contributed by atoms with Crippen LogP contribution in [0.3, 0.4) is 0 Å². The van der Waals surface area contributed by atoms with Crippen LogP contribution in [0.1, 0.15) is 18.1 Å². The lowest BCUT2D eigenvalue weighted by Crippen LogP contribution is -2.15. The quantitative estimate of drug-likeness (QED) is 0.776. The van der Waals surface area contributed by atoms with Crippen molar-refractivity contribution in [3.8, 4) is 10.7 Å². The van der Waals surface area contributed by atoms with Crippen LogP contribution in [0.4, 0.5) is 5.95 Å². The summed E-state index contributed by atoms with van der Waals surface area (Å²) in [6.45, 7) is 0. The average molecular weight is 300 g/mol. The van der Waals surface area contributed by atoms with E-state index < -0.39 is 0 Å². The molecule has 1 aliphatic rings. The number of hydrogen-bond acceptors (Lipinski definition) is 5. The Balaban J connectivity index is 1.42. The molecule has 3 heterocycles. The van der Waals surface area contributed by atoms with Crippen LogP contribution in [0.2, 0.25) is 0 Å². The van der Waals surface area contributed by atoms with Crippen molar-refractivity contribution in [1.82, 2.24) is 15.2 Å². The fourth-order valence-electron chi connectivity index (χ4n) is 2.35. The van der Waals surface area contributed by atoms with Crippen molar-refractivity contribution in [2.24, 2.45) is 5.92 Å². The summed E-state index contributed by atoms with van der Waals surface area (Å²) in [6, 6.07) is 7.63. The first kappa shape index (κ1) is 12.3. The van der Waals surface area contributed by atoms with E-state index >= 15 is 0 Å². The van der Waals surface area contributed by atoms with Crippen LogP contribution in [-0.2, 0) is 4.79 Å². The molecule has 0 spiro atoms. The van der Waals surface area contributed by atoms with Gasteiger partial charge in [-0.05, 0) is 30.0 Å². The molecule has 4 rings (SSSR count). The molecule has 1 fully saturated rings. The number of hydrogen-bond donors (Lipinski definition) is 2. The average Bonchev–Trinajstić information content (AvgIpc) is 2.99. The number of nitrogens with zero attached hydrogens (tertiary/aromatic N) is 2. The van der Waals surface area contributed by atoms with Gasteiger partial charge >= 0.3 is 0 Å². The lowest BCUT2D eigenvalue weighted by atomic mass is 10.2. The normalized spacial score (nSPS) is 20.4. The highest BCUT2D eigenvalue weighted by atomic mass is 32.1. The van der Waals surface area contributed by atoms with E-state index in [1.54, 1.807) is 17.6 Å². The second kappa shape index (κ2) is 4.85. The van der Waals surface area contributed by atoms with E-state index in [0.717, 1.165) is 17.1 Å². The van der Waals surface area contributed by atoms with E-state index in [4.69, 9.17) is 4.42 Å². The standard InChI is InChI=1S/C14H12N4O2S/c19-13(9-7-8(9)10-3-1-5-20-10)16-14-15-12(17-18-14)11-4-2-6-21-11/h1-6,8-9H,7H2,(H2,15,16,17,18,19)/t8-,9-/m1/s1. The van der Waals surface area contributed by atoms with Gasteiger partial charge in [-0.1, -0.05) is 6.07 Å². The fourth-order valence-corrected chi connectivity index (χ4v) is 3.01. The summed E-state index contributed by atoms with van der Waals surface area (Å²) >= 11 is 1.57. The predicted octanol–water partition coefficient (Wildman–Crippen LogP) is 2.87. The van der Waals surface area contributed by atoms with Gasteiger partial charge in [0.1, 0.15) is 5.76 Å². The number of rotatable bonds is 4. The molecule has 1 saturated carbocycles. The zero-order valence-corrected chi connectivity index (χ0v) is 11.8. The van der Waals surface area contributed by atoms with Crippen molar-refractivity contribution in [3.05, 3.63) is 41.7 Å². The number of carbonyl (C=O) groups excluding carboxylic acids is 1. The number of carbonyl (C=O) groups is 1. The molecule has 7 heteroatoms. The van der Waals surface area contributed by atoms with Gasteiger partial charge in [-0.2, -0.15) is 4.98 Å². The van der Waals surface area contributed by atoms with Crippen LogP contribution >= 0.6 is 11.3 Å². The van der Waals surface area contributed by atoms with E-state index in [9.17, 15) is 4.79 Å². The van der Waals surface area contributed by atoms with E-state index in [1.165, 1.54) is 0 Å². The second-order valence-corrected chi connectivity index (χ2v) is 5.89. The highest BCUT2D eigenvalue weighted by Gasteiger charge is 2.46. The maximum Gasteiger partial charge on any atom is 0.249 e. The third kappa shape index (κ3) is 2.36. The molecule has 0 saturated heterocycles. The largest absolute Gasteiger partial charge is 0.469 e. The lowest BCUT2D eigenvalue weighted by Gasteiger charge is -1.98. The molecule has 3 aromatic rings. The minimum Gasteiger partial charge on any atom is -0.469 e. The highest BCUT2D eigenvalue weighted by Crippen LogP contribution is 2.48. The van der Waals surface area contributed by atoms with Gasteiger partial charge in [0.05, 0.1) is 11.1 Å². The summed E-state index contributed by atoms with van der Waals surface area (Å²) in [6.07, 6.45) is 2.44. The number of anilines is 1. The van der Waals surface area contributed by atoms with E-state index in [1.807, 2.05) is 29.6 Å². The molecule has 3 aromatic heterocycles. The maximum atomic E-state index is 12.1. The molecule has 106 valence electrons. The van der Waals surface area contributed by atoms with Gasteiger partial charge < -0.3 is 4.42 Å². The number of thiophene rings is 1. The number of nitrogens with one attached hydrogen (secondary N) is 2. The van der Waals surface area contributed by atoms with Gasteiger partial charge in [0.2, 0.25) is 11.9 Å². The number of amides is 1. The van der Waals surface area contributed by atoms with E-state index in [0.29, 0.717) is 11.8 Å². The van der Waals surface area contributed by atoms with Gasteiger partial charge in [0.15, 0.2) is 5.82 Å². The fraction of sp³-hybridized carbons (Fsp3) is 0.214. The van der Waals surface area contributed by atoms with Crippen molar-refractivity contribution < 1.29 is 9.21 Å². The predicted molar refractivity (Wildman–Crippen MR) is 77.9 cm³/mol. The van der Waals surface area contributed by atoms with Gasteiger partial charge in [-0.25, -0.2) is 0 Å². The molecule has 0 unspecified atom stereocenters. The summed E-state index contributed by atoms with van der Waals surface area (Å²) in [5.41, 5.74) is 0. The lowest BCUT2D eigenvalue weighted by molar-refractivity contribution is -0.117. The molecule has 0 aromatic carbocycles. The summed E-state index contributed by atoms with van der Waals surface area (Å²) in [5.74, 6) is 1.90. The monoisotopic (exact) mass is 300 g/mol. The van der Waals surface area contributed by atoms with Crippen molar-refractivity contribution in [3.63, 3.8) is 0 Å². The first-order valence-corrected chi connectivity index (χ1v) is 7.50. The van der Waals surface area contributed by atoms with Crippen molar-refractivity contribution in [2.45, 2.75) is 12.3 Å². The highest BCUT2D eigenvalue weighted by molar-refractivity contribution is 7.13. The zero-order valence-electron chi connectivity index (χ0n) is 10.9. The SMILES string of the molecule is O=C(Nc1n[nH]c(-c2cccs2)n1)[C@@H]1C[C@H]1c1ccco1. The van der Waals surface area contributed by atoms with Crippen LogP contribution in [0.25, 0.3) is 10.7 Å². The Morgan fingerprint density at radius 2 is 2.38 bits per heavy atom. The van der Waals surface area contributed by atoms with Crippen LogP contribution in [0.15, 0.2) is 40.3 Å². The molecule has 6 nitrogen and oxygen atoms in total. The Morgan fingerprint density at radius 1 is 1.43 bits per heavy atom. The third-order valence-electron chi connectivity index (χ3n) is 3.51. The Kier molecular flexibility index (Phi) is 2.85. The number of furan rings is 1. The minimum absolute atomic E-state index is 0.0557. The Hall–Kier alpha value is -2.41. The van der Waals surface area contributed by atoms with Gasteiger partial charge in [0, 0.05) is 11.8 Å². The van der Waals surface area contributed by atoms with Gasteiger partial charge in [0.25, 0.3) is 0 Å². The molecule has 1 amide bonds. The molecule has 21 heavy (non-hydrogen) atoms. The molecule has 0 aliphatic heterocycles. The second-order valence-electron chi connectivity index (χ2n) is 4.94. The molecular formula is C14H12N4O2S. The zero-order chi connectivity index (χ0) is 14.2. The summed E-state index contributed by atoms with van der Waals surface area (Å²) in [4.78, 5) is 17.4. The molecular weight excluding hydrogens is 288 g/mol. The van der Waals surface area contributed by atoms with Gasteiger partial charge in [-0.15, -0.1) is 16.4 Å². The number of aromatic nitrogens is 3. The van der Waals surface area contributed by atoms with E-state index in [-0.39, 0.29) is 17.7 Å². The number of aromatic amines is 1. The van der Waals surface area contributed by atoms with Crippen LogP contribution in [0.5, 0.6) is 0 Å². The van der Waals surface area contributed by atoms with Crippen molar-refractivity contribution >= 4 is 23.2 Å². The van der Waals surface area contributed by atoms with Crippen LogP contribution < -0.4 is 5.32 Å². The first-order valence-electron chi connectivity index (χ1n) is 6.62. The molecule has 2 atom stereocenters. The maximum absolute atomic E-state index is 12.1. The first-order chi connectivity index (χ1) is 10.3. The van der Waals surface area contributed by atoms with Crippen molar-refractivity contribution in [2.75, 3.05) is 5.32 Å². The Labute approximate surface area is 124 Å². The van der Waals surface area contributed by atoms with Crippen molar-refractivity contribution in [1.29, 1.82) is 0 Å². The third-order valence-corrected chi connectivity index (χ3v) is 4.39. The molecule has 0 bridgehead atoms. The Morgan fingerprint density at radius 3 is 3.14 bits per heavy atom. The Bertz CT molecular complexity index is 748. The van der Waals surface area contributed by atoms with Gasteiger partial charge in [-0.3, -0.25) is 15.2 Å². The van der Waals surface area contributed by atoms with Crippen LogP contribution in [0, 0.1) is 5.92 Å². The molecule has 1 aliphatic carbocycles. The summed E-state index contributed by atoms with van der Waals surface area (Å²) < 4.78 is 5.33. The minimum atomic E-state index is -0.0619. The molecule has 0 radical (unpaired) electrons. The molecule has 2 N–H and O–H groups in total.